The van der Waals surface area contributed by atoms with Gasteiger partial charge in [0.1, 0.15) is 11.5 Å². The summed E-state index contributed by atoms with van der Waals surface area (Å²) in [6.45, 7) is 13.8. The molecule has 0 fully saturated rings. The first kappa shape index (κ1) is 35.6. The Kier molecular flexibility index (Phi) is 11.3. The fourth-order valence-corrected chi connectivity index (χ4v) is 10.4. The fourth-order valence-electron chi connectivity index (χ4n) is 6.25. The summed E-state index contributed by atoms with van der Waals surface area (Å²) in [6.07, 6.45) is 3.69. The maximum absolute atomic E-state index is 6.42. The van der Waals surface area contributed by atoms with E-state index in [1.54, 1.807) is 0 Å². The van der Waals surface area contributed by atoms with Gasteiger partial charge >= 0.3 is 0 Å². The third kappa shape index (κ3) is 8.57. The van der Waals surface area contributed by atoms with Crippen molar-refractivity contribution in [1.82, 2.24) is 0 Å². The zero-order valence-corrected chi connectivity index (χ0v) is 32.0. The van der Waals surface area contributed by atoms with Crippen molar-refractivity contribution in [3.05, 3.63) is 169 Å². The molecule has 0 aromatic heterocycles. The third-order valence-electron chi connectivity index (χ3n) is 9.30. The molecule has 0 saturated carbocycles. The van der Waals surface area contributed by atoms with Gasteiger partial charge in [-0.3, -0.25) is 0 Å². The van der Waals surface area contributed by atoms with Gasteiger partial charge in [-0.2, -0.15) is 0 Å². The molecule has 0 heterocycles. The van der Waals surface area contributed by atoms with E-state index in [1.807, 2.05) is 0 Å². The molecule has 0 aliphatic carbocycles. The van der Waals surface area contributed by atoms with Crippen LogP contribution in [-0.2, 0) is 32.6 Å². The lowest BCUT2D eigenvalue weighted by atomic mass is 9.80. The van der Waals surface area contributed by atoms with Crippen LogP contribution in [0.1, 0.15) is 71.9 Å². The summed E-state index contributed by atoms with van der Waals surface area (Å²) in [4.78, 5) is 7.82. The number of unbranched alkanes of at least 4 members (excludes halogenated alkanes) is 1. The average Bonchev–Trinajstić information content (AvgIpc) is 3.13. The summed E-state index contributed by atoms with van der Waals surface area (Å²) in [7, 11) is -0.429. The number of benzene rings is 6. The molecule has 0 saturated heterocycles. The number of rotatable bonds is 12. The Hall–Kier alpha value is -4.18. The number of ether oxygens (including phenoxy) is 1. The minimum absolute atomic E-state index is 0.126. The van der Waals surface area contributed by atoms with Gasteiger partial charge < -0.3 is 4.74 Å². The summed E-state index contributed by atoms with van der Waals surface area (Å²) in [5.41, 5.74) is 3.07. The first-order valence-corrected chi connectivity index (χ1v) is 20.2. The van der Waals surface area contributed by atoms with Gasteiger partial charge in [0.25, 0.3) is 0 Å². The largest absolute Gasteiger partial charge is 0.457 e. The molecule has 2 atom stereocenters. The quantitative estimate of drug-likeness (QED) is 0.116. The molecule has 0 aliphatic rings. The Balaban J connectivity index is 1.22. The lowest BCUT2D eigenvalue weighted by Crippen LogP contribution is -2.17. The van der Waals surface area contributed by atoms with Gasteiger partial charge in [0, 0.05) is 0 Å². The van der Waals surface area contributed by atoms with E-state index in [-0.39, 0.29) is 32.6 Å². The van der Waals surface area contributed by atoms with Crippen molar-refractivity contribution in [2.45, 2.75) is 101 Å². The molecule has 6 aromatic rings. The molecule has 0 spiro atoms. The lowest BCUT2D eigenvalue weighted by molar-refractivity contribution is 0.457. The predicted molar refractivity (Wildman–Crippen MR) is 214 cm³/mol. The predicted octanol–water partition coefficient (Wildman–Crippen LogP) is 13.4. The molecular weight excluding hydrogens is 645 g/mol. The molecule has 0 N–H and O–H groups in total. The summed E-state index contributed by atoms with van der Waals surface area (Å²) >= 11 is 0. The van der Waals surface area contributed by atoms with Crippen LogP contribution < -0.4 is 4.74 Å². The standard InChI is InChI=1S/C47H50OS2/c1-7-8-35-47(5,6)37-21-29-43(30-22-37)50(41-17-13-10-14-18-41)45-33-25-39(26-34-45)48-38-23-31-44(32-24-38)49(40-15-11-9-12-16-40)42-27-19-36(20-28-42)46(2,3)4/h9-34H,7-8,35H2,1-6H3/q+2. The van der Waals surface area contributed by atoms with Crippen LogP contribution in [0.15, 0.2) is 187 Å². The van der Waals surface area contributed by atoms with Crippen LogP contribution in [0, 0.1) is 0 Å². The SMILES string of the molecule is CCCCC(C)(C)c1ccc([S+](c2ccccc2)c2ccc(Oc3ccc([S+](c4ccccc4)c4ccc(C(C)(C)C)cc4)cc3)cc2)cc1. The van der Waals surface area contributed by atoms with E-state index >= 15 is 0 Å². The Morgan fingerprint density at radius 1 is 0.420 bits per heavy atom. The number of hydrogen-bond donors (Lipinski definition) is 0. The summed E-state index contributed by atoms with van der Waals surface area (Å²) < 4.78 is 6.42. The number of hydrogen-bond acceptors (Lipinski definition) is 1. The van der Waals surface area contributed by atoms with Gasteiger partial charge in [-0.1, -0.05) is 115 Å². The van der Waals surface area contributed by atoms with Crippen molar-refractivity contribution in [1.29, 1.82) is 0 Å². The van der Waals surface area contributed by atoms with E-state index in [2.05, 4.69) is 199 Å². The van der Waals surface area contributed by atoms with Gasteiger partial charge in [-0.05, 0) is 125 Å². The van der Waals surface area contributed by atoms with Crippen molar-refractivity contribution < 1.29 is 4.74 Å². The van der Waals surface area contributed by atoms with E-state index in [4.69, 9.17) is 4.74 Å². The Bertz CT molecular complexity index is 1920. The van der Waals surface area contributed by atoms with Crippen LogP contribution in [0.3, 0.4) is 0 Å². The zero-order chi connectivity index (χ0) is 35.1. The van der Waals surface area contributed by atoms with Crippen LogP contribution >= 0.6 is 0 Å². The normalized spacial score (nSPS) is 13.1. The van der Waals surface area contributed by atoms with Gasteiger partial charge in [0.05, 0.1) is 21.8 Å². The van der Waals surface area contributed by atoms with Crippen LogP contribution in [-0.4, -0.2) is 0 Å². The fraction of sp³-hybridized carbons (Fsp3) is 0.234. The molecule has 0 bridgehead atoms. The van der Waals surface area contributed by atoms with Crippen LogP contribution in [0.25, 0.3) is 0 Å². The second-order valence-corrected chi connectivity index (χ2v) is 18.6. The van der Waals surface area contributed by atoms with E-state index in [0.29, 0.717) is 0 Å². The molecular formula is C47H50OS2+2. The van der Waals surface area contributed by atoms with Gasteiger partial charge in [0.15, 0.2) is 29.4 Å². The molecule has 50 heavy (non-hydrogen) atoms. The van der Waals surface area contributed by atoms with Gasteiger partial charge in [-0.15, -0.1) is 0 Å². The summed E-state index contributed by atoms with van der Waals surface area (Å²) in [5.74, 6) is 1.68. The monoisotopic (exact) mass is 694 g/mol. The van der Waals surface area contributed by atoms with E-state index in [9.17, 15) is 0 Å². The minimum Gasteiger partial charge on any atom is -0.457 e. The summed E-state index contributed by atoms with van der Waals surface area (Å²) in [5, 5.41) is 0. The van der Waals surface area contributed by atoms with Crippen molar-refractivity contribution in [3.63, 3.8) is 0 Å². The minimum atomic E-state index is -0.216. The van der Waals surface area contributed by atoms with Crippen LogP contribution in [0.4, 0.5) is 0 Å². The first-order chi connectivity index (χ1) is 24.1. The van der Waals surface area contributed by atoms with Gasteiger partial charge in [0.2, 0.25) is 0 Å². The Labute approximate surface area is 306 Å². The maximum Gasteiger partial charge on any atom is 0.166 e. The second-order valence-electron chi connectivity index (χ2n) is 14.6. The van der Waals surface area contributed by atoms with Crippen LogP contribution in [0.5, 0.6) is 11.5 Å². The second kappa shape index (κ2) is 15.8. The highest BCUT2D eigenvalue weighted by Gasteiger charge is 2.31. The molecule has 3 heteroatoms. The zero-order valence-electron chi connectivity index (χ0n) is 30.4. The van der Waals surface area contributed by atoms with E-state index in [1.165, 1.54) is 59.8 Å². The molecule has 0 amide bonds. The third-order valence-corrected chi connectivity index (χ3v) is 13.8. The maximum atomic E-state index is 6.42. The summed E-state index contributed by atoms with van der Waals surface area (Å²) in [6, 6.07) is 57.6. The van der Waals surface area contributed by atoms with Crippen molar-refractivity contribution in [2.75, 3.05) is 0 Å². The van der Waals surface area contributed by atoms with E-state index < -0.39 is 0 Å². The Morgan fingerprint density at radius 3 is 1.12 bits per heavy atom. The molecule has 0 radical (unpaired) electrons. The highest BCUT2D eigenvalue weighted by molar-refractivity contribution is 7.97. The lowest BCUT2D eigenvalue weighted by Gasteiger charge is -2.25. The first-order valence-electron chi connectivity index (χ1n) is 17.8. The molecule has 6 aromatic carbocycles. The smallest absolute Gasteiger partial charge is 0.166 e. The molecule has 1 nitrogen and oxygen atoms in total. The molecule has 0 aliphatic heterocycles. The topological polar surface area (TPSA) is 9.23 Å². The van der Waals surface area contributed by atoms with Gasteiger partial charge in [-0.25, -0.2) is 0 Å². The van der Waals surface area contributed by atoms with Crippen LogP contribution in [0.2, 0.25) is 0 Å². The average molecular weight is 695 g/mol. The Morgan fingerprint density at radius 2 is 0.760 bits per heavy atom. The highest BCUT2D eigenvalue weighted by Crippen LogP contribution is 2.37. The molecule has 2 unspecified atom stereocenters. The van der Waals surface area contributed by atoms with Crippen molar-refractivity contribution in [2.24, 2.45) is 0 Å². The van der Waals surface area contributed by atoms with E-state index in [0.717, 1.165) is 11.5 Å². The van der Waals surface area contributed by atoms with Crippen molar-refractivity contribution in [3.8, 4) is 11.5 Å². The highest BCUT2D eigenvalue weighted by atomic mass is 32.2. The molecule has 254 valence electrons. The molecule has 6 rings (SSSR count). The van der Waals surface area contributed by atoms with Crippen molar-refractivity contribution >= 4 is 21.8 Å².